The lowest BCUT2D eigenvalue weighted by atomic mass is 10.1. The number of carboxylic acid groups (broad SMARTS) is 1. The third-order valence-corrected chi connectivity index (χ3v) is 3.15. The van der Waals surface area contributed by atoms with Crippen molar-refractivity contribution in [1.82, 2.24) is 0 Å². The van der Waals surface area contributed by atoms with Crippen LogP contribution in [0.1, 0.15) is 23.2 Å². The third kappa shape index (κ3) is 2.68. The van der Waals surface area contributed by atoms with Crippen LogP contribution in [0.5, 0.6) is 0 Å². The van der Waals surface area contributed by atoms with E-state index in [-0.39, 0.29) is 11.5 Å². The summed E-state index contributed by atoms with van der Waals surface area (Å²) in [6.07, 6.45) is 1.03. The number of hydrogen-bond acceptors (Lipinski definition) is 4. The first-order chi connectivity index (χ1) is 9.00. The predicted molar refractivity (Wildman–Crippen MR) is 70.2 cm³/mol. The van der Waals surface area contributed by atoms with Crippen molar-refractivity contribution in [3.05, 3.63) is 23.8 Å². The van der Waals surface area contributed by atoms with Crippen LogP contribution in [0.3, 0.4) is 0 Å². The Kier molecular flexibility index (Phi) is 3.71. The van der Waals surface area contributed by atoms with Crippen LogP contribution < -0.4 is 10.6 Å². The molecule has 0 aromatic heterocycles. The van der Waals surface area contributed by atoms with E-state index in [1.165, 1.54) is 17.0 Å². The fraction of sp³-hybridized carbons (Fsp3) is 0.385. The van der Waals surface area contributed by atoms with Gasteiger partial charge < -0.3 is 20.5 Å². The zero-order valence-corrected chi connectivity index (χ0v) is 10.6. The standard InChI is InChI=1S/C13H16N2O4/c1-15(12(16)11-3-2-6-19-11)10-5-4-8(14)7-9(10)13(17)18/h4-5,7,11H,2-3,6,14H2,1H3,(H,17,18). The zero-order valence-electron chi connectivity index (χ0n) is 10.6. The third-order valence-electron chi connectivity index (χ3n) is 3.15. The molecule has 1 saturated heterocycles. The average Bonchev–Trinajstić information content (AvgIpc) is 2.90. The average molecular weight is 264 g/mol. The molecule has 1 aliphatic heterocycles. The molecule has 1 aliphatic rings. The second-order valence-corrected chi connectivity index (χ2v) is 4.48. The number of anilines is 2. The number of carboxylic acids is 1. The summed E-state index contributed by atoms with van der Waals surface area (Å²) in [5, 5.41) is 9.16. The Morgan fingerprint density at radius 2 is 2.21 bits per heavy atom. The van der Waals surface area contributed by atoms with E-state index in [9.17, 15) is 9.59 Å². The van der Waals surface area contributed by atoms with E-state index in [2.05, 4.69) is 0 Å². The molecule has 6 nitrogen and oxygen atoms in total. The van der Waals surface area contributed by atoms with Crippen LogP contribution in [0.15, 0.2) is 18.2 Å². The van der Waals surface area contributed by atoms with E-state index in [1.54, 1.807) is 13.1 Å². The summed E-state index contributed by atoms with van der Waals surface area (Å²) in [4.78, 5) is 24.7. The van der Waals surface area contributed by atoms with Crippen molar-refractivity contribution in [2.45, 2.75) is 18.9 Å². The SMILES string of the molecule is CN(C(=O)C1CCCO1)c1ccc(N)cc1C(=O)O. The Bertz CT molecular complexity index is 509. The van der Waals surface area contributed by atoms with Gasteiger partial charge in [-0.05, 0) is 31.0 Å². The van der Waals surface area contributed by atoms with Gasteiger partial charge >= 0.3 is 5.97 Å². The molecule has 1 unspecified atom stereocenters. The first-order valence-electron chi connectivity index (χ1n) is 6.02. The molecule has 0 spiro atoms. The highest BCUT2D eigenvalue weighted by Gasteiger charge is 2.28. The Balaban J connectivity index is 2.29. The number of amides is 1. The molecule has 0 saturated carbocycles. The Morgan fingerprint density at radius 3 is 2.79 bits per heavy atom. The van der Waals surface area contributed by atoms with Gasteiger partial charge in [-0.2, -0.15) is 0 Å². The summed E-state index contributed by atoms with van der Waals surface area (Å²) in [5.41, 5.74) is 6.25. The molecule has 1 aromatic carbocycles. The summed E-state index contributed by atoms with van der Waals surface area (Å²) in [6.45, 7) is 0.567. The number of carbonyl (C=O) groups excluding carboxylic acids is 1. The molecule has 0 radical (unpaired) electrons. The number of likely N-dealkylation sites (N-methyl/N-ethyl adjacent to an activating group) is 1. The molecule has 1 heterocycles. The fourth-order valence-corrected chi connectivity index (χ4v) is 2.12. The highest BCUT2D eigenvalue weighted by atomic mass is 16.5. The number of aromatic carboxylic acids is 1. The number of ether oxygens (including phenoxy) is 1. The molecule has 0 aliphatic carbocycles. The van der Waals surface area contributed by atoms with Crippen molar-refractivity contribution in [2.24, 2.45) is 0 Å². The van der Waals surface area contributed by atoms with Gasteiger partial charge in [0.1, 0.15) is 6.10 Å². The molecule has 19 heavy (non-hydrogen) atoms. The summed E-state index contributed by atoms with van der Waals surface area (Å²) in [7, 11) is 1.54. The normalized spacial score (nSPS) is 18.3. The van der Waals surface area contributed by atoms with Crippen LogP contribution in [0.25, 0.3) is 0 Å². The zero-order chi connectivity index (χ0) is 14.0. The number of rotatable bonds is 3. The fourth-order valence-electron chi connectivity index (χ4n) is 2.12. The van der Waals surface area contributed by atoms with E-state index in [1.807, 2.05) is 0 Å². The molecular formula is C13H16N2O4. The molecule has 1 fully saturated rings. The molecular weight excluding hydrogens is 248 g/mol. The molecule has 1 atom stereocenters. The van der Waals surface area contributed by atoms with Gasteiger partial charge in [0.15, 0.2) is 0 Å². The van der Waals surface area contributed by atoms with Crippen molar-refractivity contribution >= 4 is 23.3 Å². The number of nitrogens with zero attached hydrogens (tertiary/aromatic N) is 1. The topological polar surface area (TPSA) is 92.9 Å². The number of nitrogens with two attached hydrogens (primary N) is 1. The molecule has 0 bridgehead atoms. The van der Waals surface area contributed by atoms with Crippen LogP contribution >= 0.6 is 0 Å². The van der Waals surface area contributed by atoms with Crippen LogP contribution in [-0.4, -0.2) is 36.7 Å². The van der Waals surface area contributed by atoms with Crippen molar-refractivity contribution in [3.63, 3.8) is 0 Å². The lowest BCUT2D eigenvalue weighted by Gasteiger charge is -2.22. The van der Waals surface area contributed by atoms with Gasteiger partial charge in [0, 0.05) is 19.3 Å². The van der Waals surface area contributed by atoms with E-state index < -0.39 is 12.1 Å². The van der Waals surface area contributed by atoms with Gasteiger partial charge in [0.05, 0.1) is 11.3 Å². The van der Waals surface area contributed by atoms with E-state index in [0.717, 1.165) is 6.42 Å². The van der Waals surface area contributed by atoms with Gasteiger partial charge in [0.2, 0.25) is 0 Å². The molecule has 6 heteroatoms. The molecule has 102 valence electrons. The number of carbonyl (C=O) groups is 2. The van der Waals surface area contributed by atoms with Crippen LogP contribution in [-0.2, 0) is 9.53 Å². The molecule has 1 amide bonds. The van der Waals surface area contributed by atoms with E-state index in [4.69, 9.17) is 15.6 Å². The monoisotopic (exact) mass is 264 g/mol. The molecule has 2 rings (SSSR count). The quantitative estimate of drug-likeness (QED) is 0.798. The number of benzene rings is 1. The van der Waals surface area contributed by atoms with E-state index >= 15 is 0 Å². The predicted octanol–water partition coefficient (Wildman–Crippen LogP) is 1.11. The minimum absolute atomic E-state index is 0.00819. The summed E-state index contributed by atoms with van der Waals surface area (Å²) < 4.78 is 5.32. The Labute approximate surface area is 110 Å². The minimum atomic E-state index is -1.12. The van der Waals surface area contributed by atoms with Crippen molar-refractivity contribution in [3.8, 4) is 0 Å². The maximum Gasteiger partial charge on any atom is 0.337 e. The summed E-state index contributed by atoms with van der Waals surface area (Å²) in [5.74, 6) is -1.35. The van der Waals surface area contributed by atoms with Gasteiger partial charge in [-0.25, -0.2) is 4.79 Å². The summed E-state index contributed by atoms with van der Waals surface area (Å²) in [6, 6.07) is 4.45. The van der Waals surface area contributed by atoms with Crippen molar-refractivity contribution in [2.75, 3.05) is 24.3 Å². The van der Waals surface area contributed by atoms with Crippen molar-refractivity contribution in [1.29, 1.82) is 0 Å². The van der Waals surface area contributed by atoms with Crippen LogP contribution in [0.2, 0.25) is 0 Å². The smallest absolute Gasteiger partial charge is 0.337 e. The van der Waals surface area contributed by atoms with Gasteiger partial charge in [-0.3, -0.25) is 4.79 Å². The molecule has 3 N–H and O–H groups in total. The highest BCUT2D eigenvalue weighted by molar-refractivity contribution is 6.03. The largest absolute Gasteiger partial charge is 0.478 e. The first-order valence-corrected chi connectivity index (χ1v) is 6.02. The first kappa shape index (κ1) is 13.4. The number of hydrogen-bond donors (Lipinski definition) is 2. The van der Waals surface area contributed by atoms with Crippen LogP contribution in [0, 0.1) is 0 Å². The lowest BCUT2D eigenvalue weighted by molar-refractivity contribution is -0.127. The van der Waals surface area contributed by atoms with Crippen LogP contribution in [0.4, 0.5) is 11.4 Å². The maximum atomic E-state index is 12.2. The van der Waals surface area contributed by atoms with E-state index in [0.29, 0.717) is 24.4 Å². The Morgan fingerprint density at radius 1 is 1.47 bits per heavy atom. The highest BCUT2D eigenvalue weighted by Crippen LogP contribution is 2.25. The minimum Gasteiger partial charge on any atom is -0.478 e. The van der Waals surface area contributed by atoms with Gasteiger partial charge in [-0.15, -0.1) is 0 Å². The second-order valence-electron chi connectivity index (χ2n) is 4.48. The van der Waals surface area contributed by atoms with Gasteiger partial charge in [0.25, 0.3) is 5.91 Å². The summed E-state index contributed by atoms with van der Waals surface area (Å²) >= 11 is 0. The number of nitrogen functional groups attached to an aromatic ring is 1. The van der Waals surface area contributed by atoms with Crippen molar-refractivity contribution < 1.29 is 19.4 Å². The second kappa shape index (κ2) is 5.27. The lowest BCUT2D eigenvalue weighted by Crippen LogP contribution is -2.36. The van der Waals surface area contributed by atoms with Gasteiger partial charge in [-0.1, -0.05) is 0 Å². The maximum absolute atomic E-state index is 12.2. The Hall–Kier alpha value is -2.08. The molecule has 1 aromatic rings.